The second-order valence-corrected chi connectivity index (χ2v) is 4.91. The molecule has 1 aliphatic rings. The van der Waals surface area contributed by atoms with Gasteiger partial charge in [-0.2, -0.15) is 5.10 Å². The highest BCUT2D eigenvalue weighted by atomic mass is 35.5. The minimum absolute atomic E-state index is 0.340. The molecule has 0 radical (unpaired) electrons. The van der Waals surface area contributed by atoms with Gasteiger partial charge in [0, 0.05) is 11.6 Å². The topological polar surface area (TPSA) is 43.6 Å². The lowest BCUT2D eigenvalue weighted by atomic mass is 9.95. The zero-order valence-corrected chi connectivity index (χ0v) is 9.64. The summed E-state index contributed by atoms with van der Waals surface area (Å²) in [7, 11) is 0. The minimum Gasteiger partial charge on any atom is -0.244 e. The molecule has 0 aromatic carbocycles. The predicted molar refractivity (Wildman–Crippen MR) is 62.5 cm³/mol. The maximum absolute atomic E-state index is 6.11. The van der Waals surface area contributed by atoms with E-state index in [1.54, 1.807) is 12.5 Å². The van der Waals surface area contributed by atoms with Crippen molar-refractivity contribution in [3.63, 3.8) is 0 Å². The van der Waals surface area contributed by atoms with Crippen LogP contribution in [0.3, 0.4) is 0 Å². The first-order valence-corrected chi connectivity index (χ1v) is 6.05. The van der Waals surface area contributed by atoms with Gasteiger partial charge < -0.3 is 0 Å². The highest BCUT2D eigenvalue weighted by molar-refractivity contribution is 6.20. The van der Waals surface area contributed by atoms with Crippen LogP contribution in [0.2, 0.25) is 0 Å². The number of alkyl halides is 1. The fourth-order valence-corrected chi connectivity index (χ4v) is 2.59. The Bertz CT molecular complexity index is 487. The van der Waals surface area contributed by atoms with Crippen molar-refractivity contribution in [3.8, 4) is 0 Å². The Morgan fingerprint density at radius 2 is 2.00 bits per heavy atom. The van der Waals surface area contributed by atoms with E-state index in [1.165, 1.54) is 0 Å². The maximum Gasteiger partial charge on any atom is 0.161 e. The van der Waals surface area contributed by atoms with Crippen LogP contribution in [0.15, 0.2) is 18.7 Å². The standard InChI is InChI=1S/C11H13ClN4/c12-9-1-3-10(4-2-9)16-11-8(6-15-16)5-13-7-14-11/h5-7,9-10H,1-4H2. The number of rotatable bonds is 1. The number of aromatic nitrogens is 4. The lowest BCUT2D eigenvalue weighted by Gasteiger charge is -2.25. The monoisotopic (exact) mass is 236 g/mol. The Labute approximate surface area is 98.6 Å². The number of hydrogen-bond donors (Lipinski definition) is 0. The zero-order valence-electron chi connectivity index (χ0n) is 8.88. The highest BCUT2D eigenvalue weighted by Gasteiger charge is 2.22. The van der Waals surface area contributed by atoms with Crippen LogP contribution >= 0.6 is 11.6 Å². The van der Waals surface area contributed by atoms with Crippen molar-refractivity contribution in [3.05, 3.63) is 18.7 Å². The van der Waals surface area contributed by atoms with E-state index in [1.807, 2.05) is 10.9 Å². The molecule has 0 amide bonds. The lowest BCUT2D eigenvalue weighted by molar-refractivity contribution is 0.339. The predicted octanol–water partition coefficient (Wildman–Crippen LogP) is 2.55. The molecule has 3 rings (SSSR count). The molecule has 0 unspecified atom stereocenters. The van der Waals surface area contributed by atoms with Crippen LogP contribution < -0.4 is 0 Å². The molecule has 0 spiro atoms. The zero-order chi connectivity index (χ0) is 11.0. The molecule has 84 valence electrons. The van der Waals surface area contributed by atoms with E-state index in [0.29, 0.717) is 11.4 Å². The summed E-state index contributed by atoms with van der Waals surface area (Å²) >= 11 is 6.11. The van der Waals surface area contributed by atoms with Crippen molar-refractivity contribution < 1.29 is 0 Å². The molecule has 0 N–H and O–H groups in total. The van der Waals surface area contributed by atoms with Gasteiger partial charge in [0.2, 0.25) is 0 Å². The van der Waals surface area contributed by atoms with E-state index in [4.69, 9.17) is 11.6 Å². The Balaban J connectivity index is 1.94. The summed E-state index contributed by atoms with van der Waals surface area (Å²) in [6.45, 7) is 0. The normalized spacial score (nSPS) is 26.1. The first kappa shape index (κ1) is 10.0. The quantitative estimate of drug-likeness (QED) is 0.715. The summed E-state index contributed by atoms with van der Waals surface area (Å²) in [4.78, 5) is 8.29. The summed E-state index contributed by atoms with van der Waals surface area (Å²) in [6, 6.07) is 0.447. The summed E-state index contributed by atoms with van der Waals surface area (Å²) in [6.07, 6.45) is 9.54. The van der Waals surface area contributed by atoms with Gasteiger partial charge in [0.1, 0.15) is 6.33 Å². The Morgan fingerprint density at radius 1 is 1.19 bits per heavy atom. The first-order chi connectivity index (χ1) is 7.84. The van der Waals surface area contributed by atoms with Crippen molar-refractivity contribution >= 4 is 22.6 Å². The van der Waals surface area contributed by atoms with Crippen molar-refractivity contribution in [1.29, 1.82) is 0 Å². The summed E-state index contributed by atoms with van der Waals surface area (Å²) in [5, 5.41) is 5.77. The van der Waals surface area contributed by atoms with Crippen molar-refractivity contribution in [2.24, 2.45) is 0 Å². The fourth-order valence-electron chi connectivity index (χ4n) is 2.34. The van der Waals surface area contributed by atoms with Gasteiger partial charge in [0.05, 0.1) is 17.6 Å². The van der Waals surface area contributed by atoms with Crippen LogP contribution in [-0.4, -0.2) is 25.1 Å². The molecule has 0 bridgehead atoms. The van der Waals surface area contributed by atoms with E-state index < -0.39 is 0 Å². The molecule has 0 saturated heterocycles. The van der Waals surface area contributed by atoms with Gasteiger partial charge in [-0.25, -0.2) is 14.6 Å². The van der Waals surface area contributed by atoms with Gasteiger partial charge in [0.15, 0.2) is 5.65 Å². The lowest BCUT2D eigenvalue weighted by Crippen LogP contribution is -2.19. The molecule has 1 fully saturated rings. The summed E-state index contributed by atoms with van der Waals surface area (Å²) in [5.41, 5.74) is 0.938. The molecule has 2 heterocycles. The molecule has 16 heavy (non-hydrogen) atoms. The Morgan fingerprint density at radius 3 is 2.81 bits per heavy atom. The molecule has 2 aromatic rings. The van der Waals surface area contributed by atoms with Crippen LogP contribution in [0.4, 0.5) is 0 Å². The van der Waals surface area contributed by atoms with E-state index in [9.17, 15) is 0 Å². The SMILES string of the molecule is ClC1CCC(n2ncc3cncnc32)CC1. The Hall–Kier alpha value is -1.16. The third-order valence-corrected chi connectivity index (χ3v) is 3.67. The van der Waals surface area contributed by atoms with Gasteiger partial charge in [-0.05, 0) is 25.7 Å². The average molecular weight is 237 g/mol. The van der Waals surface area contributed by atoms with Crippen LogP contribution in [0.1, 0.15) is 31.7 Å². The van der Waals surface area contributed by atoms with Crippen LogP contribution in [0, 0.1) is 0 Å². The Kier molecular flexibility index (Phi) is 2.52. The molecule has 1 saturated carbocycles. The second-order valence-electron chi connectivity index (χ2n) is 4.30. The molecule has 4 nitrogen and oxygen atoms in total. The smallest absolute Gasteiger partial charge is 0.161 e. The van der Waals surface area contributed by atoms with Gasteiger partial charge in [-0.15, -0.1) is 11.6 Å². The van der Waals surface area contributed by atoms with Gasteiger partial charge in [-0.3, -0.25) is 0 Å². The minimum atomic E-state index is 0.340. The average Bonchev–Trinajstić information content (AvgIpc) is 2.74. The molecular weight excluding hydrogens is 224 g/mol. The largest absolute Gasteiger partial charge is 0.244 e. The summed E-state index contributed by atoms with van der Waals surface area (Å²) in [5.74, 6) is 0. The third kappa shape index (κ3) is 1.67. The van der Waals surface area contributed by atoms with Gasteiger partial charge in [-0.1, -0.05) is 0 Å². The van der Waals surface area contributed by atoms with Crippen LogP contribution in [0.5, 0.6) is 0 Å². The maximum atomic E-state index is 6.11. The highest BCUT2D eigenvalue weighted by Crippen LogP contribution is 2.32. The first-order valence-electron chi connectivity index (χ1n) is 5.62. The number of fused-ring (bicyclic) bond motifs is 1. The molecule has 5 heteroatoms. The number of halogens is 1. The van der Waals surface area contributed by atoms with Crippen molar-refractivity contribution in [2.75, 3.05) is 0 Å². The van der Waals surface area contributed by atoms with Crippen LogP contribution in [-0.2, 0) is 0 Å². The van der Waals surface area contributed by atoms with Crippen molar-refractivity contribution in [2.45, 2.75) is 37.1 Å². The van der Waals surface area contributed by atoms with Gasteiger partial charge in [0.25, 0.3) is 0 Å². The third-order valence-electron chi connectivity index (χ3n) is 3.23. The summed E-state index contributed by atoms with van der Waals surface area (Å²) < 4.78 is 2.03. The molecule has 1 aliphatic carbocycles. The molecular formula is C11H13ClN4. The second kappa shape index (κ2) is 4.01. The molecule has 0 aliphatic heterocycles. The molecule has 2 aromatic heterocycles. The van der Waals surface area contributed by atoms with Crippen LogP contribution in [0.25, 0.3) is 11.0 Å². The van der Waals surface area contributed by atoms with Gasteiger partial charge >= 0.3 is 0 Å². The van der Waals surface area contributed by atoms with E-state index in [2.05, 4.69) is 15.1 Å². The fraction of sp³-hybridized carbons (Fsp3) is 0.545. The van der Waals surface area contributed by atoms with Crippen molar-refractivity contribution in [1.82, 2.24) is 19.7 Å². The number of hydrogen-bond acceptors (Lipinski definition) is 3. The van der Waals surface area contributed by atoms with E-state index in [-0.39, 0.29) is 0 Å². The van der Waals surface area contributed by atoms with E-state index in [0.717, 1.165) is 36.7 Å². The molecule has 0 atom stereocenters. The van der Waals surface area contributed by atoms with E-state index >= 15 is 0 Å². The number of nitrogens with zero attached hydrogens (tertiary/aromatic N) is 4.